The molecule has 378 valence electrons. The third-order valence-electron chi connectivity index (χ3n) is 13.0. The van der Waals surface area contributed by atoms with Gasteiger partial charge < -0.3 is 0 Å². The Balaban J connectivity index is -0.0000000802. The molecular weight excluding hydrogens is 764 g/mol. The van der Waals surface area contributed by atoms with Crippen molar-refractivity contribution in [2.24, 2.45) is 47.3 Å². The summed E-state index contributed by atoms with van der Waals surface area (Å²) < 4.78 is 12.6. The first-order valence-corrected chi connectivity index (χ1v) is 23.7. The van der Waals surface area contributed by atoms with Crippen molar-refractivity contribution in [2.75, 3.05) is 0 Å². The Kier molecular flexibility index (Phi) is 48.4. The summed E-state index contributed by atoms with van der Waals surface area (Å²) in [5.41, 5.74) is 7.00. The number of hydrogen-bond donors (Lipinski definition) is 0. The number of aryl methyl sites for hydroxylation is 6. The molecule has 0 atom stereocenters. The molecule has 4 aliphatic carbocycles. The monoisotopic (exact) mass is 888 g/mol. The van der Waals surface area contributed by atoms with Gasteiger partial charge in [0.05, 0.1) is 0 Å². The Labute approximate surface area is 404 Å². The average Bonchev–Trinajstić information content (AvgIpc) is 3.19. The Morgan fingerprint density at radius 3 is 0.571 bits per heavy atom. The van der Waals surface area contributed by atoms with E-state index in [1.54, 1.807) is 13.0 Å². The molecule has 0 aliphatic heterocycles. The van der Waals surface area contributed by atoms with Crippen molar-refractivity contribution in [3.8, 4) is 0 Å². The van der Waals surface area contributed by atoms with E-state index in [0.717, 1.165) is 52.9 Å². The molecule has 7 rings (SSSR count). The Hall–Kier alpha value is -2.41. The second kappa shape index (κ2) is 42.2. The first-order valence-electron chi connectivity index (χ1n) is 23.7. The minimum atomic E-state index is -0.116. The number of halogens is 1. The third kappa shape index (κ3) is 39.7. The second-order valence-corrected chi connectivity index (χ2v) is 20.0. The Bertz CT molecular complexity index is 1170. The number of benzene rings is 3. The summed E-state index contributed by atoms with van der Waals surface area (Å²) >= 11 is 0. The molecule has 0 nitrogen and oxygen atoms in total. The standard InChI is InChI=1S/C8H9F.4C8H16.2C8H10.6CH4.3H2/c1-6-3-4-7(2)8(9)5-6;6*1-7-3-5-8(2)6-4-7;;;;;;;;;/h3-5H,1-2H3;4*7-8H,3-6H2,1-2H3;2*3-6H,1-2H3;6*1H4;3*1H/i;;;;;;;;;;;;;1+1;;. The molecule has 4 fully saturated rings. The lowest BCUT2D eigenvalue weighted by Crippen LogP contribution is -2.08. The van der Waals surface area contributed by atoms with Crippen molar-refractivity contribution in [3.63, 3.8) is 0 Å². The summed E-state index contributed by atoms with van der Waals surface area (Å²) in [5.74, 6) is 8.04. The van der Waals surface area contributed by atoms with Gasteiger partial charge in [-0.3, -0.25) is 0 Å². The second-order valence-electron chi connectivity index (χ2n) is 20.0. The van der Waals surface area contributed by atoms with Crippen LogP contribution in [0.25, 0.3) is 0 Å². The van der Waals surface area contributed by atoms with Gasteiger partial charge in [-0.25, -0.2) is 4.39 Å². The van der Waals surface area contributed by atoms with Crippen LogP contribution in [0, 0.1) is 94.7 Å². The summed E-state index contributed by atoms with van der Waals surface area (Å²) in [5, 5.41) is 0. The molecule has 0 unspecified atom stereocenters. The van der Waals surface area contributed by atoms with E-state index >= 15 is 0 Å². The maximum atomic E-state index is 12.6. The maximum Gasteiger partial charge on any atom is 0.126 e. The van der Waals surface area contributed by atoms with E-state index in [9.17, 15) is 4.39 Å². The fourth-order valence-corrected chi connectivity index (χ4v) is 7.68. The van der Waals surface area contributed by atoms with Crippen LogP contribution >= 0.6 is 0 Å². The van der Waals surface area contributed by atoms with Gasteiger partial charge in [-0.15, -0.1) is 0 Å². The van der Waals surface area contributed by atoms with E-state index in [0.29, 0.717) is 5.56 Å². The topological polar surface area (TPSA) is 0 Å². The highest BCUT2D eigenvalue weighted by Crippen LogP contribution is 2.29. The molecule has 0 saturated heterocycles. The molecule has 3 aromatic carbocycles. The predicted octanol–water partition coefficient (Wildman–Crippen LogP) is 22.9. The molecule has 4 saturated carbocycles. The summed E-state index contributed by atoms with van der Waals surface area (Å²) in [4.78, 5) is 0. The lowest BCUT2D eigenvalue weighted by Gasteiger charge is -2.22. The highest BCUT2D eigenvalue weighted by atomic mass is 19.1. The van der Waals surface area contributed by atoms with Crippen molar-refractivity contribution < 1.29 is 8.67 Å². The predicted molar refractivity (Wildman–Crippen MR) is 302 cm³/mol. The third-order valence-corrected chi connectivity index (χ3v) is 13.0. The smallest absolute Gasteiger partial charge is 0.126 e. The van der Waals surface area contributed by atoms with Gasteiger partial charge in [0.25, 0.3) is 0 Å². The van der Waals surface area contributed by atoms with Gasteiger partial charge in [-0.05, 0) is 106 Å². The van der Waals surface area contributed by atoms with Gasteiger partial charge in [0.15, 0.2) is 0 Å². The lowest BCUT2D eigenvalue weighted by molar-refractivity contribution is 0.308. The van der Waals surface area contributed by atoms with Gasteiger partial charge in [0.1, 0.15) is 5.82 Å². The van der Waals surface area contributed by atoms with Crippen LogP contribution in [0.5, 0.6) is 0 Å². The quantitative estimate of drug-likeness (QED) is 0.211. The highest BCUT2D eigenvalue weighted by molar-refractivity contribution is 5.22. The van der Waals surface area contributed by atoms with Crippen molar-refractivity contribution in [3.05, 3.63) is 106 Å². The van der Waals surface area contributed by atoms with E-state index in [-0.39, 0.29) is 54.7 Å². The van der Waals surface area contributed by atoms with Crippen molar-refractivity contribution in [1.29, 1.82) is 0 Å². The maximum absolute atomic E-state index is 12.6. The summed E-state index contributed by atoms with van der Waals surface area (Å²) in [7, 11) is 0. The van der Waals surface area contributed by atoms with E-state index in [1.807, 2.05) is 13.0 Å². The molecule has 63 heavy (non-hydrogen) atoms. The molecule has 3 aromatic rings. The molecule has 4 aliphatic rings. The molecule has 0 radical (unpaired) electrons. The number of rotatable bonds is 0. The number of hydrogen-bond acceptors (Lipinski definition) is 0. The summed E-state index contributed by atoms with van der Waals surface area (Å²) in [6, 6.07) is 22.2. The largest absolute Gasteiger partial charge is 0.207 e. The molecule has 0 amide bonds. The van der Waals surface area contributed by atoms with Crippen LogP contribution in [0.3, 0.4) is 0 Å². The zero-order valence-corrected chi connectivity index (χ0v) is 40.2. The van der Waals surface area contributed by atoms with Gasteiger partial charge in [-0.1, -0.05) is 286 Å². The Morgan fingerprint density at radius 2 is 0.444 bits per heavy atom. The van der Waals surface area contributed by atoms with Gasteiger partial charge in [-0.2, -0.15) is 0 Å². The molecule has 0 heterocycles. The Morgan fingerprint density at radius 1 is 0.302 bits per heavy atom. The van der Waals surface area contributed by atoms with Gasteiger partial charge in [0, 0.05) is 4.28 Å². The minimum Gasteiger partial charge on any atom is -0.207 e. The fraction of sp³-hybridized carbons (Fsp3) is 0.710. The molecule has 1 heteroatoms. The molecule has 0 N–H and O–H groups in total. The van der Waals surface area contributed by atoms with Crippen LogP contribution in [0.1, 0.15) is 240 Å². The summed E-state index contributed by atoms with van der Waals surface area (Å²) in [6.45, 7) is 31.0. The van der Waals surface area contributed by atoms with Gasteiger partial charge in [0.2, 0.25) is 0 Å². The molecule has 0 spiro atoms. The minimum absolute atomic E-state index is 0. The average molecular weight is 889 g/mol. The first kappa shape index (κ1) is 72.2. The van der Waals surface area contributed by atoms with E-state index in [1.165, 1.54) is 131 Å². The fourth-order valence-electron chi connectivity index (χ4n) is 7.68. The van der Waals surface area contributed by atoms with E-state index in [4.69, 9.17) is 0 Å². The van der Waals surface area contributed by atoms with Crippen LogP contribution in [-0.4, -0.2) is 0 Å². The molecule has 0 aromatic heterocycles. The zero-order valence-electron chi connectivity index (χ0n) is 40.2. The van der Waals surface area contributed by atoms with Crippen LogP contribution in [0.4, 0.5) is 4.39 Å². The zero-order chi connectivity index (χ0) is 42.8. The normalized spacial score (nSPS) is 23.9. The lowest BCUT2D eigenvalue weighted by atomic mass is 9.84. The van der Waals surface area contributed by atoms with Gasteiger partial charge >= 0.3 is 0 Å². The van der Waals surface area contributed by atoms with E-state index < -0.39 is 0 Å². The van der Waals surface area contributed by atoms with Crippen LogP contribution in [-0.2, 0) is 0 Å². The first-order chi connectivity index (χ1) is 26.9. The van der Waals surface area contributed by atoms with Crippen LogP contribution in [0.2, 0.25) is 0 Å². The molecule has 0 bridgehead atoms. The summed E-state index contributed by atoms with van der Waals surface area (Å²) in [6.07, 6.45) is 23.6. The van der Waals surface area contributed by atoms with Crippen molar-refractivity contribution >= 4 is 0 Å². The highest BCUT2D eigenvalue weighted by Gasteiger charge is 2.15. The van der Waals surface area contributed by atoms with Crippen molar-refractivity contribution in [1.82, 2.24) is 0 Å². The molecular formula is C62H123F. The van der Waals surface area contributed by atoms with Crippen LogP contribution < -0.4 is 0 Å². The van der Waals surface area contributed by atoms with E-state index in [2.05, 4.69) is 132 Å². The van der Waals surface area contributed by atoms with Crippen molar-refractivity contribution in [2.45, 2.75) is 244 Å². The van der Waals surface area contributed by atoms with Crippen LogP contribution in [0.15, 0.2) is 66.7 Å². The SMILES string of the molecule is C.C.C.C.C.C.CC1CCC(C)CC1.CC1CCC(C)CC1.CC1CCC(C)CC1.CC1CCC(C)CC1.Cc1ccc(C)c(F)c1.Cc1ccc(C)cc1.Cc1ccc(C)cc1.[2HH].[HH].[HH].